The molecule has 0 heterocycles. The summed E-state index contributed by atoms with van der Waals surface area (Å²) < 4.78 is 10.3. The van der Waals surface area contributed by atoms with Gasteiger partial charge < -0.3 is 15.2 Å². The van der Waals surface area contributed by atoms with Crippen LogP contribution in [0.5, 0.6) is 11.5 Å². The molecular formula is C18H21NO4. The molecule has 0 saturated carbocycles. The largest absolute Gasteiger partial charge is 0.423 e. The maximum atomic E-state index is 11.3. The molecule has 0 amide bonds. The topological polar surface area (TPSA) is 78.6 Å². The molecule has 0 unspecified atom stereocenters. The molecule has 0 bridgehead atoms. The Morgan fingerprint density at radius 1 is 0.957 bits per heavy atom. The highest BCUT2D eigenvalue weighted by Crippen LogP contribution is 2.35. The van der Waals surface area contributed by atoms with E-state index in [0.29, 0.717) is 6.54 Å². The molecule has 0 radical (unpaired) electrons. The van der Waals surface area contributed by atoms with Crippen molar-refractivity contribution in [2.75, 3.05) is 6.54 Å². The fourth-order valence-electron chi connectivity index (χ4n) is 2.26. The summed E-state index contributed by atoms with van der Waals surface area (Å²) in [4.78, 5) is 22.5. The van der Waals surface area contributed by atoms with Gasteiger partial charge in [0.25, 0.3) is 0 Å². The van der Waals surface area contributed by atoms with Gasteiger partial charge in [0.2, 0.25) is 0 Å². The van der Waals surface area contributed by atoms with E-state index in [9.17, 15) is 9.59 Å². The second kappa shape index (κ2) is 6.38. The number of carbonyl (C=O) groups excluding carboxylic acids is 2. The van der Waals surface area contributed by atoms with Crippen molar-refractivity contribution < 1.29 is 19.1 Å². The molecule has 2 aromatic rings. The van der Waals surface area contributed by atoms with Crippen LogP contribution in [0, 0.1) is 0 Å². The van der Waals surface area contributed by atoms with Gasteiger partial charge in [0, 0.05) is 25.8 Å². The molecular weight excluding hydrogens is 294 g/mol. The Bertz CT molecular complexity index is 765. The summed E-state index contributed by atoms with van der Waals surface area (Å²) in [5.41, 5.74) is 6.75. The predicted octanol–water partition coefficient (Wildman–Crippen LogP) is 2.93. The van der Waals surface area contributed by atoms with Crippen LogP contribution < -0.4 is 15.2 Å². The van der Waals surface area contributed by atoms with Crippen LogP contribution in [0.15, 0.2) is 30.3 Å². The Hall–Kier alpha value is -2.40. The summed E-state index contributed by atoms with van der Waals surface area (Å²) in [7, 11) is 0. The van der Waals surface area contributed by atoms with E-state index in [1.807, 2.05) is 18.2 Å². The van der Waals surface area contributed by atoms with E-state index in [4.69, 9.17) is 15.2 Å². The first-order valence-corrected chi connectivity index (χ1v) is 7.38. The van der Waals surface area contributed by atoms with Crippen molar-refractivity contribution in [3.8, 4) is 11.5 Å². The van der Waals surface area contributed by atoms with Crippen LogP contribution in [0.1, 0.15) is 33.3 Å². The van der Waals surface area contributed by atoms with Crippen molar-refractivity contribution in [1.82, 2.24) is 0 Å². The standard InChI is InChI=1S/C18H21NO4/c1-11(20)22-16-8-13-5-6-15(18(3,4)10-19)7-14(13)9-17(16)23-12(2)21/h5-9H,10,19H2,1-4H3. The van der Waals surface area contributed by atoms with Crippen LogP contribution in [-0.4, -0.2) is 18.5 Å². The number of rotatable bonds is 4. The Kier molecular flexibility index (Phi) is 4.71. The number of hydrogen-bond acceptors (Lipinski definition) is 5. The van der Waals surface area contributed by atoms with E-state index in [0.717, 1.165) is 16.3 Å². The van der Waals surface area contributed by atoms with Crippen LogP contribution in [0.25, 0.3) is 10.8 Å². The van der Waals surface area contributed by atoms with Crippen molar-refractivity contribution >= 4 is 22.7 Å². The van der Waals surface area contributed by atoms with Gasteiger partial charge in [-0.2, -0.15) is 0 Å². The Morgan fingerprint density at radius 3 is 1.96 bits per heavy atom. The molecule has 2 aromatic carbocycles. The van der Waals surface area contributed by atoms with Gasteiger partial charge in [-0.3, -0.25) is 9.59 Å². The molecule has 2 rings (SSSR count). The van der Waals surface area contributed by atoms with Crippen LogP contribution in [0.4, 0.5) is 0 Å². The zero-order chi connectivity index (χ0) is 17.2. The van der Waals surface area contributed by atoms with Gasteiger partial charge in [0.15, 0.2) is 11.5 Å². The number of hydrogen-bond donors (Lipinski definition) is 1. The lowest BCUT2D eigenvalue weighted by atomic mass is 9.84. The van der Waals surface area contributed by atoms with Gasteiger partial charge in [-0.05, 0) is 28.5 Å². The molecule has 0 aliphatic heterocycles. The second-order valence-corrected chi connectivity index (χ2v) is 6.14. The van der Waals surface area contributed by atoms with Crippen molar-refractivity contribution in [3.63, 3.8) is 0 Å². The molecule has 23 heavy (non-hydrogen) atoms. The number of nitrogens with two attached hydrogens (primary N) is 1. The van der Waals surface area contributed by atoms with Crippen molar-refractivity contribution in [2.24, 2.45) is 5.73 Å². The van der Waals surface area contributed by atoms with Gasteiger partial charge in [-0.1, -0.05) is 32.0 Å². The third kappa shape index (κ3) is 3.87. The summed E-state index contributed by atoms with van der Waals surface area (Å²) in [5.74, 6) is -0.497. The highest BCUT2D eigenvalue weighted by atomic mass is 16.6. The number of esters is 2. The first-order chi connectivity index (χ1) is 10.7. The molecule has 5 nitrogen and oxygen atoms in total. The number of benzene rings is 2. The third-order valence-electron chi connectivity index (χ3n) is 3.70. The SMILES string of the molecule is CC(=O)Oc1cc2ccc(C(C)(C)CN)cc2cc1OC(C)=O. The Morgan fingerprint density at radius 2 is 1.48 bits per heavy atom. The molecule has 0 aliphatic carbocycles. The van der Waals surface area contributed by atoms with E-state index in [1.165, 1.54) is 13.8 Å². The molecule has 2 N–H and O–H groups in total. The van der Waals surface area contributed by atoms with Gasteiger partial charge in [-0.25, -0.2) is 0 Å². The number of fused-ring (bicyclic) bond motifs is 1. The second-order valence-electron chi connectivity index (χ2n) is 6.14. The van der Waals surface area contributed by atoms with Crippen LogP contribution in [0.2, 0.25) is 0 Å². The molecule has 0 atom stereocenters. The van der Waals surface area contributed by atoms with E-state index < -0.39 is 11.9 Å². The molecule has 0 aromatic heterocycles. The molecule has 122 valence electrons. The summed E-state index contributed by atoms with van der Waals surface area (Å²) >= 11 is 0. The molecule has 0 aliphatic rings. The highest BCUT2D eigenvalue weighted by molar-refractivity contribution is 5.89. The highest BCUT2D eigenvalue weighted by Gasteiger charge is 2.19. The summed E-state index contributed by atoms with van der Waals surface area (Å²) in [6.45, 7) is 7.24. The summed E-state index contributed by atoms with van der Waals surface area (Å²) in [5, 5.41) is 1.77. The van der Waals surface area contributed by atoms with Crippen molar-refractivity contribution in [3.05, 3.63) is 35.9 Å². The molecule has 5 heteroatoms. The van der Waals surface area contributed by atoms with Crippen LogP contribution >= 0.6 is 0 Å². The zero-order valence-electron chi connectivity index (χ0n) is 13.8. The number of ether oxygens (including phenoxy) is 2. The number of carbonyl (C=O) groups is 2. The normalized spacial score (nSPS) is 11.3. The summed E-state index contributed by atoms with van der Waals surface area (Å²) in [6.07, 6.45) is 0. The zero-order valence-corrected chi connectivity index (χ0v) is 13.8. The maximum Gasteiger partial charge on any atom is 0.308 e. The van der Waals surface area contributed by atoms with E-state index >= 15 is 0 Å². The fraction of sp³-hybridized carbons (Fsp3) is 0.333. The van der Waals surface area contributed by atoms with Gasteiger partial charge in [-0.15, -0.1) is 0 Å². The van der Waals surface area contributed by atoms with Crippen LogP contribution in [-0.2, 0) is 15.0 Å². The van der Waals surface area contributed by atoms with Gasteiger partial charge >= 0.3 is 11.9 Å². The van der Waals surface area contributed by atoms with E-state index in [1.54, 1.807) is 12.1 Å². The minimum absolute atomic E-state index is 0.162. The van der Waals surface area contributed by atoms with E-state index in [-0.39, 0.29) is 16.9 Å². The lowest BCUT2D eigenvalue weighted by molar-refractivity contribution is -0.134. The van der Waals surface area contributed by atoms with Gasteiger partial charge in [0.05, 0.1) is 0 Å². The van der Waals surface area contributed by atoms with Crippen LogP contribution in [0.3, 0.4) is 0 Å². The molecule has 0 spiro atoms. The van der Waals surface area contributed by atoms with E-state index in [2.05, 4.69) is 13.8 Å². The third-order valence-corrected chi connectivity index (χ3v) is 3.70. The Balaban J connectivity index is 2.59. The fourth-order valence-corrected chi connectivity index (χ4v) is 2.26. The average Bonchev–Trinajstić information content (AvgIpc) is 2.46. The first-order valence-electron chi connectivity index (χ1n) is 7.38. The molecule has 0 saturated heterocycles. The quantitative estimate of drug-likeness (QED) is 0.693. The lowest BCUT2D eigenvalue weighted by Gasteiger charge is -2.23. The molecule has 0 fully saturated rings. The first kappa shape index (κ1) is 17.0. The average molecular weight is 315 g/mol. The monoisotopic (exact) mass is 315 g/mol. The predicted molar refractivity (Wildman–Crippen MR) is 88.6 cm³/mol. The minimum atomic E-state index is -0.476. The van der Waals surface area contributed by atoms with Gasteiger partial charge in [0.1, 0.15) is 0 Å². The lowest BCUT2D eigenvalue weighted by Crippen LogP contribution is -2.27. The maximum absolute atomic E-state index is 11.3. The smallest absolute Gasteiger partial charge is 0.308 e. The van der Waals surface area contributed by atoms with Crippen molar-refractivity contribution in [1.29, 1.82) is 0 Å². The minimum Gasteiger partial charge on any atom is -0.423 e. The van der Waals surface area contributed by atoms with Crippen molar-refractivity contribution in [2.45, 2.75) is 33.1 Å². The Labute approximate surface area is 135 Å². The summed E-state index contributed by atoms with van der Waals surface area (Å²) in [6, 6.07) is 9.33.